The van der Waals surface area contributed by atoms with Crippen LogP contribution in [0, 0.1) is 6.92 Å². The number of benzene rings is 1. The number of methoxy groups -OCH3 is 1. The van der Waals surface area contributed by atoms with E-state index in [4.69, 9.17) is 10.5 Å². The summed E-state index contributed by atoms with van der Waals surface area (Å²) in [6, 6.07) is 11.2. The number of amides is 1. The molecule has 1 amide bonds. The van der Waals surface area contributed by atoms with Crippen molar-refractivity contribution in [3.63, 3.8) is 0 Å². The lowest BCUT2D eigenvalue weighted by atomic mass is 9.92. The first-order chi connectivity index (χ1) is 12.1. The monoisotopic (exact) mass is 339 g/mol. The van der Waals surface area contributed by atoms with Gasteiger partial charge >= 0.3 is 0 Å². The summed E-state index contributed by atoms with van der Waals surface area (Å²) < 4.78 is 5.15. The maximum Gasteiger partial charge on any atom is 0.244 e. The Hall–Kier alpha value is -2.40. The number of carbonyl (C=O) groups is 1. The Balaban J connectivity index is 1.61. The summed E-state index contributed by atoms with van der Waals surface area (Å²) in [5.74, 6) is 1.15. The fourth-order valence-corrected chi connectivity index (χ4v) is 3.42. The second-order valence-corrected chi connectivity index (χ2v) is 6.56. The van der Waals surface area contributed by atoms with Crippen molar-refractivity contribution in [2.75, 3.05) is 20.2 Å². The predicted octanol–water partition coefficient (Wildman–Crippen LogP) is 2.80. The highest BCUT2D eigenvalue weighted by Gasteiger charge is 2.28. The van der Waals surface area contributed by atoms with Gasteiger partial charge in [-0.05, 0) is 43.0 Å². The van der Waals surface area contributed by atoms with Crippen molar-refractivity contribution >= 4 is 5.91 Å². The predicted molar refractivity (Wildman–Crippen MR) is 97.5 cm³/mol. The second kappa shape index (κ2) is 7.66. The van der Waals surface area contributed by atoms with Crippen LogP contribution >= 0.6 is 0 Å². The van der Waals surface area contributed by atoms with Crippen LogP contribution in [0.3, 0.4) is 0 Å². The minimum atomic E-state index is -0.586. The van der Waals surface area contributed by atoms with Crippen molar-refractivity contribution in [2.24, 2.45) is 5.73 Å². The van der Waals surface area contributed by atoms with Gasteiger partial charge in [-0.15, -0.1) is 0 Å². The summed E-state index contributed by atoms with van der Waals surface area (Å²) in [5, 5.41) is 0. The van der Waals surface area contributed by atoms with Gasteiger partial charge in [-0.1, -0.05) is 24.3 Å². The van der Waals surface area contributed by atoms with Crippen LogP contribution in [0.15, 0.2) is 42.6 Å². The molecule has 1 unspecified atom stereocenters. The molecule has 1 aromatic heterocycles. The van der Waals surface area contributed by atoms with E-state index in [1.807, 2.05) is 48.2 Å². The molecule has 1 aliphatic rings. The normalized spacial score (nSPS) is 16.5. The van der Waals surface area contributed by atoms with E-state index in [1.165, 1.54) is 0 Å². The van der Waals surface area contributed by atoms with E-state index < -0.39 is 6.04 Å². The minimum absolute atomic E-state index is 0.00967. The Morgan fingerprint density at radius 2 is 1.96 bits per heavy atom. The smallest absolute Gasteiger partial charge is 0.244 e. The number of pyridine rings is 1. The largest absolute Gasteiger partial charge is 0.495 e. The van der Waals surface area contributed by atoms with Crippen molar-refractivity contribution in [2.45, 2.75) is 31.7 Å². The molecular formula is C20H25N3O2. The maximum absolute atomic E-state index is 12.7. The molecule has 132 valence electrons. The number of carbonyl (C=O) groups excluding carboxylic acids is 1. The average molecular weight is 339 g/mol. The Kier molecular flexibility index (Phi) is 5.34. The van der Waals surface area contributed by atoms with Gasteiger partial charge in [-0.3, -0.25) is 9.78 Å². The average Bonchev–Trinajstić information content (AvgIpc) is 2.67. The molecule has 1 fully saturated rings. The van der Waals surface area contributed by atoms with E-state index in [2.05, 4.69) is 4.98 Å². The zero-order valence-corrected chi connectivity index (χ0v) is 14.8. The molecule has 2 aromatic rings. The van der Waals surface area contributed by atoms with Crippen molar-refractivity contribution in [1.82, 2.24) is 9.88 Å². The highest BCUT2D eigenvalue weighted by Crippen LogP contribution is 2.29. The fraction of sp³-hybridized carbons (Fsp3) is 0.400. The number of hydrogen-bond acceptors (Lipinski definition) is 4. The van der Waals surface area contributed by atoms with Gasteiger partial charge in [0.25, 0.3) is 0 Å². The van der Waals surface area contributed by atoms with Gasteiger partial charge in [0, 0.05) is 24.7 Å². The van der Waals surface area contributed by atoms with E-state index in [0.29, 0.717) is 5.92 Å². The number of nitrogens with zero attached hydrogens (tertiary/aromatic N) is 2. The number of ether oxygens (including phenoxy) is 1. The molecule has 0 spiro atoms. The molecule has 1 aromatic carbocycles. The molecule has 5 nitrogen and oxygen atoms in total. The molecule has 2 heterocycles. The fourth-order valence-electron chi connectivity index (χ4n) is 3.42. The first-order valence-electron chi connectivity index (χ1n) is 8.70. The summed E-state index contributed by atoms with van der Waals surface area (Å²) >= 11 is 0. The van der Waals surface area contributed by atoms with E-state index in [-0.39, 0.29) is 5.91 Å². The summed E-state index contributed by atoms with van der Waals surface area (Å²) in [6.45, 7) is 3.43. The van der Waals surface area contributed by atoms with Crippen LogP contribution in [-0.2, 0) is 4.79 Å². The van der Waals surface area contributed by atoms with Crippen molar-refractivity contribution in [3.05, 3.63) is 59.4 Å². The third-order valence-electron chi connectivity index (χ3n) is 5.01. The molecular weight excluding hydrogens is 314 g/mol. The SMILES string of the molecule is COc1ccc(C2CCN(C(=O)C(N)c3ccccc3C)CC2)nc1. The van der Waals surface area contributed by atoms with Crippen molar-refractivity contribution < 1.29 is 9.53 Å². The molecule has 1 saturated heterocycles. The molecule has 25 heavy (non-hydrogen) atoms. The van der Waals surface area contributed by atoms with Crippen LogP contribution in [0.25, 0.3) is 0 Å². The zero-order chi connectivity index (χ0) is 17.8. The maximum atomic E-state index is 12.7. The van der Waals surface area contributed by atoms with E-state index in [0.717, 1.165) is 48.5 Å². The lowest BCUT2D eigenvalue weighted by Crippen LogP contribution is -2.43. The Morgan fingerprint density at radius 3 is 2.56 bits per heavy atom. The van der Waals surface area contributed by atoms with Gasteiger partial charge in [0.15, 0.2) is 0 Å². The van der Waals surface area contributed by atoms with E-state index in [9.17, 15) is 4.79 Å². The Bertz CT molecular complexity index is 722. The van der Waals surface area contributed by atoms with Crippen LogP contribution in [0.2, 0.25) is 0 Å². The lowest BCUT2D eigenvalue weighted by Gasteiger charge is -2.33. The lowest BCUT2D eigenvalue weighted by molar-refractivity contribution is -0.133. The van der Waals surface area contributed by atoms with Crippen molar-refractivity contribution in [1.29, 1.82) is 0 Å². The molecule has 2 N–H and O–H groups in total. The highest BCUT2D eigenvalue weighted by atomic mass is 16.5. The molecule has 0 bridgehead atoms. The summed E-state index contributed by atoms with van der Waals surface area (Å²) in [5.41, 5.74) is 9.26. The number of hydrogen-bond donors (Lipinski definition) is 1. The molecule has 1 aliphatic heterocycles. The Morgan fingerprint density at radius 1 is 1.24 bits per heavy atom. The van der Waals surface area contributed by atoms with Gasteiger partial charge in [0.1, 0.15) is 11.8 Å². The highest BCUT2D eigenvalue weighted by molar-refractivity contribution is 5.83. The van der Waals surface area contributed by atoms with Crippen LogP contribution in [0.5, 0.6) is 5.75 Å². The number of aryl methyl sites for hydroxylation is 1. The van der Waals surface area contributed by atoms with Gasteiger partial charge in [0.05, 0.1) is 13.3 Å². The molecule has 3 rings (SSSR count). The molecule has 5 heteroatoms. The number of aromatic nitrogens is 1. The third-order valence-corrected chi connectivity index (χ3v) is 5.01. The van der Waals surface area contributed by atoms with Gasteiger partial charge < -0.3 is 15.4 Å². The molecule has 0 aliphatic carbocycles. The van der Waals surface area contributed by atoms with Gasteiger partial charge in [0.2, 0.25) is 5.91 Å². The molecule has 0 saturated carbocycles. The van der Waals surface area contributed by atoms with Crippen LogP contribution in [0.1, 0.15) is 41.6 Å². The van der Waals surface area contributed by atoms with Crippen LogP contribution < -0.4 is 10.5 Å². The number of piperidine rings is 1. The molecule has 1 atom stereocenters. The first-order valence-corrected chi connectivity index (χ1v) is 8.70. The number of rotatable bonds is 4. The third kappa shape index (κ3) is 3.82. The summed E-state index contributed by atoms with van der Waals surface area (Å²) in [7, 11) is 1.64. The quantitative estimate of drug-likeness (QED) is 0.930. The number of nitrogens with two attached hydrogens (primary N) is 1. The minimum Gasteiger partial charge on any atom is -0.495 e. The standard InChI is InChI=1S/C20H25N3O2/c1-14-5-3-4-6-17(14)19(21)20(24)23-11-9-15(10-12-23)18-8-7-16(25-2)13-22-18/h3-8,13,15,19H,9-12,21H2,1-2H3. The summed E-state index contributed by atoms with van der Waals surface area (Å²) in [4.78, 5) is 19.1. The van der Waals surface area contributed by atoms with Crippen LogP contribution in [-0.4, -0.2) is 36.0 Å². The summed E-state index contributed by atoms with van der Waals surface area (Å²) in [6.07, 6.45) is 3.57. The van der Waals surface area contributed by atoms with Crippen molar-refractivity contribution in [3.8, 4) is 5.75 Å². The number of likely N-dealkylation sites (tertiary alicyclic amines) is 1. The van der Waals surface area contributed by atoms with E-state index in [1.54, 1.807) is 13.3 Å². The van der Waals surface area contributed by atoms with E-state index >= 15 is 0 Å². The van der Waals surface area contributed by atoms with Gasteiger partial charge in [-0.2, -0.15) is 0 Å². The molecule has 0 radical (unpaired) electrons. The Labute approximate surface area is 148 Å². The van der Waals surface area contributed by atoms with Gasteiger partial charge in [-0.25, -0.2) is 0 Å². The first kappa shape index (κ1) is 17.4. The second-order valence-electron chi connectivity index (χ2n) is 6.56. The zero-order valence-electron chi connectivity index (χ0n) is 14.8. The van der Waals surface area contributed by atoms with Crippen LogP contribution in [0.4, 0.5) is 0 Å². The topological polar surface area (TPSA) is 68.5 Å².